The number of rotatable bonds is 6. The number of carbonyl (C=O) groups is 6. The maximum Gasteiger partial charge on any atom is 0.347 e. The Bertz CT molecular complexity index is 1720. The van der Waals surface area contributed by atoms with E-state index < -0.39 is 35.8 Å². The molecule has 0 amide bonds. The minimum atomic E-state index is -0.802. The van der Waals surface area contributed by atoms with E-state index in [4.69, 9.17) is 14.2 Å². The van der Waals surface area contributed by atoms with Crippen LogP contribution in [0, 0.1) is 0 Å². The predicted molar refractivity (Wildman–Crippen MR) is 135 cm³/mol. The highest BCUT2D eigenvalue weighted by atomic mass is 16.6. The lowest BCUT2D eigenvalue weighted by atomic mass is 10.1. The van der Waals surface area contributed by atoms with Crippen LogP contribution in [-0.2, 0) is 14.2 Å². The van der Waals surface area contributed by atoms with Crippen LogP contribution in [0.3, 0.4) is 0 Å². The van der Waals surface area contributed by atoms with Crippen molar-refractivity contribution in [2.24, 2.45) is 0 Å². The molecule has 3 aliphatic heterocycles. The first-order chi connectivity index (χ1) is 20.2. The molecule has 0 radical (unpaired) electrons. The predicted octanol–water partition coefficient (Wildman–Crippen LogP) is 5.00. The van der Waals surface area contributed by atoms with Gasteiger partial charge in [0.25, 0.3) is 0 Å². The summed E-state index contributed by atoms with van der Waals surface area (Å²) in [6.07, 6.45) is 0. The molecule has 0 saturated carbocycles. The fourth-order valence-electron chi connectivity index (χ4n) is 4.51. The Balaban J connectivity index is 1.23. The van der Waals surface area contributed by atoms with Crippen molar-refractivity contribution in [1.29, 1.82) is 0 Å². The molecule has 42 heavy (non-hydrogen) atoms. The first-order valence-corrected chi connectivity index (χ1v) is 12.1. The van der Waals surface area contributed by atoms with E-state index in [0.29, 0.717) is 0 Å². The molecule has 0 aromatic heterocycles. The van der Waals surface area contributed by atoms with Crippen LogP contribution in [0.15, 0.2) is 72.8 Å². The van der Waals surface area contributed by atoms with Crippen molar-refractivity contribution in [3.05, 3.63) is 106 Å². The smallest absolute Gasteiger partial charge is 0.347 e. The van der Waals surface area contributed by atoms with Gasteiger partial charge in [-0.25, -0.2) is 28.8 Å². The highest BCUT2D eigenvalue weighted by Gasteiger charge is 2.32. The van der Waals surface area contributed by atoms with Crippen molar-refractivity contribution < 1.29 is 57.2 Å². The van der Waals surface area contributed by atoms with Gasteiger partial charge < -0.3 is 28.4 Å². The topological polar surface area (TPSA) is 158 Å². The second-order valence-corrected chi connectivity index (χ2v) is 9.10. The minimum Gasteiger partial charge on any atom is -0.457 e. The lowest BCUT2D eigenvalue weighted by Gasteiger charge is -2.13. The summed E-state index contributed by atoms with van der Waals surface area (Å²) in [6, 6.07) is 17.1. The fourth-order valence-corrected chi connectivity index (χ4v) is 4.51. The summed E-state index contributed by atoms with van der Waals surface area (Å²) in [5.74, 6) is -3.57. The normalized spacial score (nSPS) is 14.6. The van der Waals surface area contributed by atoms with Crippen molar-refractivity contribution in [1.82, 2.24) is 0 Å². The average Bonchev–Trinajstić information content (AvgIpc) is 3.52. The lowest BCUT2D eigenvalue weighted by molar-refractivity contribution is 0.0425. The van der Waals surface area contributed by atoms with Gasteiger partial charge in [0.2, 0.25) is 0 Å². The van der Waals surface area contributed by atoms with Crippen LogP contribution in [0.2, 0.25) is 0 Å². The number of hydrogen-bond donors (Lipinski definition) is 0. The Morgan fingerprint density at radius 2 is 0.571 bits per heavy atom. The Hall–Kier alpha value is -6.30. The molecule has 0 bridgehead atoms. The zero-order chi connectivity index (χ0) is 29.1. The van der Waals surface area contributed by atoms with Crippen LogP contribution >= 0.6 is 0 Å². The zero-order valence-electron chi connectivity index (χ0n) is 20.8. The van der Waals surface area contributed by atoms with E-state index >= 15 is 0 Å². The molecule has 12 nitrogen and oxygen atoms in total. The summed E-state index contributed by atoms with van der Waals surface area (Å²) in [4.78, 5) is 71.4. The van der Waals surface area contributed by atoms with Gasteiger partial charge in [-0.15, -0.1) is 0 Å². The van der Waals surface area contributed by atoms with Crippen LogP contribution < -0.4 is 14.2 Å². The number of hydrogen-bond acceptors (Lipinski definition) is 12. The van der Waals surface area contributed by atoms with E-state index in [1.807, 2.05) is 0 Å². The monoisotopic (exact) mass is 564 g/mol. The highest BCUT2D eigenvalue weighted by molar-refractivity contribution is 6.16. The van der Waals surface area contributed by atoms with Gasteiger partial charge in [0, 0.05) is 18.2 Å². The maximum atomic E-state index is 12.0. The molecule has 7 rings (SSSR count). The molecular weight excluding hydrogens is 552 g/mol. The second-order valence-electron chi connectivity index (χ2n) is 9.10. The number of benzene rings is 4. The third-order valence-corrected chi connectivity index (χ3v) is 6.41. The van der Waals surface area contributed by atoms with Crippen LogP contribution in [0.1, 0.15) is 62.1 Å². The molecule has 0 aliphatic carbocycles. The van der Waals surface area contributed by atoms with E-state index in [0.717, 1.165) is 0 Å². The fraction of sp³-hybridized carbons (Fsp3) is 0. The molecule has 4 aromatic rings. The Labute approximate surface area is 233 Å². The van der Waals surface area contributed by atoms with Crippen molar-refractivity contribution in [2.75, 3.05) is 0 Å². The largest absolute Gasteiger partial charge is 0.457 e. The summed E-state index contributed by atoms with van der Waals surface area (Å²) < 4.78 is 31.7. The van der Waals surface area contributed by atoms with Gasteiger partial charge in [0.05, 0.1) is 33.4 Å². The molecule has 3 aliphatic rings. The van der Waals surface area contributed by atoms with Crippen molar-refractivity contribution in [3.63, 3.8) is 0 Å². The maximum absolute atomic E-state index is 12.0. The molecule has 0 unspecified atom stereocenters. The van der Waals surface area contributed by atoms with Crippen molar-refractivity contribution in [3.8, 4) is 34.5 Å². The highest BCUT2D eigenvalue weighted by Crippen LogP contribution is 2.38. The number of carbonyl (C=O) groups excluding carboxylic acids is 6. The summed E-state index contributed by atoms with van der Waals surface area (Å²) in [5, 5.41) is 0. The number of esters is 6. The third-order valence-electron chi connectivity index (χ3n) is 6.41. The minimum absolute atomic E-state index is 0.0422. The molecule has 0 fully saturated rings. The summed E-state index contributed by atoms with van der Waals surface area (Å²) >= 11 is 0. The Morgan fingerprint density at radius 3 is 0.857 bits per heavy atom. The van der Waals surface area contributed by atoms with Gasteiger partial charge in [-0.3, -0.25) is 0 Å². The Kier molecular flexibility index (Phi) is 5.37. The zero-order valence-corrected chi connectivity index (χ0v) is 20.8. The van der Waals surface area contributed by atoms with Gasteiger partial charge in [0.1, 0.15) is 34.5 Å². The molecular formula is C30H12O12. The van der Waals surface area contributed by atoms with Crippen LogP contribution in [0.4, 0.5) is 0 Å². The summed E-state index contributed by atoms with van der Waals surface area (Å²) in [6.45, 7) is 0. The van der Waals surface area contributed by atoms with Crippen molar-refractivity contribution >= 4 is 35.8 Å². The number of ether oxygens (including phenoxy) is 6. The van der Waals surface area contributed by atoms with E-state index in [1.54, 1.807) is 0 Å². The molecule has 204 valence electrons. The first-order valence-electron chi connectivity index (χ1n) is 12.1. The van der Waals surface area contributed by atoms with Crippen LogP contribution in [0.5, 0.6) is 34.5 Å². The van der Waals surface area contributed by atoms with Crippen LogP contribution in [0.25, 0.3) is 0 Å². The van der Waals surface area contributed by atoms with Gasteiger partial charge in [-0.1, -0.05) is 0 Å². The molecule has 0 N–H and O–H groups in total. The standard InChI is InChI=1S/C30H12O12/c31-25-19-4-1-13(10-22(19)28(34)40-25)37-16-7-17(38-14-2-5-20-23(11-14)29(35)41-26(20)32)9-18(8-16)39-15-3-6-21-24(12-15)30(36)42-27(21)33/h1-12H. The average molecular weight is 564 g/mol. The summed E-state index contributed by atoms with van der Waals surface area (Å²) in [5.41, 5.74) is 0.448. The van der Waals surface area contributed by atoms with Crippen LogP contribution in [-0.4, -0.2) is 35.8 Å². The first kappa shape index (κ1) is 24.7. The van der Waals surface area contributed by atoms with Gasteiger partial charge in [-0.05, 0) is 54.6 Å². The Morgan fingerprint density at radius 1 is 0.310 bits per heavy atom. The number of cyclic esters (lactones) is 6. The second kappa shape index (κ2) is 9.13. The van der Waals surface area contributed by atoms with Gasteiger partial charge in [-0.2, -0.15) is 0 Å². The van der Waals surface area contributed by atoms with E-state index in [9.17, 15) is 28.8 Å². The van der Waals surface area contributed by atoms with E-state index in [2.05, 4.69) is 14.2 Å². The molecule has 0 atom stereocenters. The third kappa shape index (κ3) is 4.19. The number of fused-ring (bicyclic) bond motifs is 3. The molecule has 4 aromatic carbocycles. The molecule has 0 saturated heterocycles. The quantitative estimate of drug-likeness (QED) is 0.176. The molecule has 3 heterocycles. The van der Waals surface area contributed by atoms with Gasteiger partial charge in [0.15, 0.2) is 0 Å². The van der Waals surface area contributed by atoms with E-state index in [-0.39, 0.29) is 67.9 Å². The van der Waals surface area contributed by atoms with E-state index in [1.165, 1.54) is 72.8 Å². The van der Waals surface area contributed by atoms with Gasteiger partial charge >= 0.3 is 35.8 Å². The lowest BCUT2D eigenvalue weighted by Crippen LogP contribution is -1.97. The SMILES string of the molecule is O=C1OC(=O)c2cc(Oc3cc(Oc4ccc5c(c4)C(=O)OC5=O)cc(Oc4ccc5c(c4)C(=O)OC5=O)c3)ccc21. The molecule has 0 spiro atoms. The molecule has 12 heteroatoms. The van der Waals surface area contributed by atoms with Crippen molar-refractivity contribution in [2.45, 2.75) is 0 Å². The summed E-state index contributed by atoms with van der Waals surface area (Å²) in [7, 11) is 0.